The fourth-order valence-corrected chi connectivity index (χ4v) is 6.25. The smallest absolute Gasteiger partial charge is 0.250 e. The molecule has 190 valence electrons. The molecule has 2 aromatic carbocycles. The predicted molar refractivity (Wildman–Crippen MR) is 140 cm³/mol. The molecule has 1 aromatic heterocycles. The summed E-state index contributed by atoms with van der Waals surface area (Å²) >= 11 is 0. The molecule has 2 aliphatic rings. The Morgan fingerprint density at radius 3 is 2.50 bits per heavy atom. The van der Waals surface area contributed by atoms with Gasteiger partial charge in [0.2, 0.25) is 15.9 Å². The van der Waals surface area contributed by atoms with Crippen LogP contribution in [0.5, 0.6) is 0 Å². The number of nitrogens with zero attached hydrogens (tertiary/aromatic N) is 1. The molecule has 1 saturated heterocycles. The zero-order valence-electron chi connectivity index (χ0n) is 20.4. The molecule has 0 spiro atoms. The number of rotatable bonds is 8. The first kappa shape index (κ1) is 24.5. The fourth-order valence-electron chi connectivity index (χ4n) is 5.12. The largest absolute Gasteiger partial charge is 0.366 e. The topological polar surface area (TPSA) is 125 Å². The lowest BCUT2D eigenvalue weighted by Gasteiger charge is -2.31. The van der Waals surface area contributed by atoms with Gasteiger partial charge in [0, 0.05) is 37.1 Å². The van der Waals surface area contributed by atoms with Crippen molar-refractivity contribution in [3.63, 3.8) is 0 Å². The number of amides is 2. The molecule has 8 nitrogen and oxygen atoms in total. The normalized spacial score (nSPS) is 17.4. The van der Waals surface area contributed by atoms with Crippen molar-refractivity contribution >= 4 is 32.7 Å². The number of carbonyl (C=O) groups excluding carboxylic acids is 2. The van der Waals surface area contributed by atoms with Crippen LogP contribution in [0.15, 0.2) is 42.6 Å². The summed E-state index contributed by atoms with van der Waals surface area (Å²) < 4.78 is 26.1. The molecule has 9 heteroatoms. The van der Waals surface area contributed by atoms with Gasteiger partial charge in [-0.25, -0.2) is 12.7 Å². The standard InChI is InChI=1S/C27H32N4O4S/c1-2-36(34,35)31-10-8-18(9-11-31)24-16-29-25-22(24)13-21(14-23(25)26(28)32)20-5-3-4-17(12-20)15-30-27(33)19-6-7-19/h3-5,12-14,16,18-19,29H,2,6-11,15H2,1H3,(H2,28,32)(H,30,33). The van der Waals surface area contributed by atoms with Crippen LogP contribution in [0.1, 0.15) is 60.0 Å². The Bertz CT molecular complexity index is 1420. The molecule has 0 atom stereocenters. The zero-order valence-corrected chi connectivity index (χ0v) is 21.2. The molecule has 2 amide bonds. The van der Waals surface area contributed by atoms with Crippen LogP contribution in [-0.4, -0.2) is 48.4 Å². The first-order valence-electron chi connectivity index (χ1n) is 12.6. The van der Waals surface area contributed by atoms with E-state index in [9.17, 15) is 18.0 Å². The highest BCUT2D eigenvalue weighted by atomic mass is 32.2. The van der Waals surface area contributed by atoms with Gasteiger partial charge < -0.3 is 16.0 Å². The van der Waals surface area contributed by atoms with Crippen LogP contribution in [0, 0.1) is 5.92 Å². The SMILES string of the molecule is CCS(=O)(=O)N1CCC(c2c[nH]c3c(C(N)=O)cc(-c4cccc(CNC(=O)C5CC5)c4)cc23)CC1. The molecule has 1 aliphatic carbocycles. The van der Waals surface area contributed by atoms with Gasteiger partial charge in [0.1, 0.15) is 0 Å². The Morgan fingerprint density at radius 2 is 1.83 bits per heavy atom. The Kier molecular flexibility index (Phi) is 6.61. The number of aromatic nitrogens is 1. The molecule has 36 heavy (non-hydrogen) atoms. The third kappa shape index (κ3) is 4.90. The molecular weight excluding hydrogens is 476 g/mol. The second-order valence-corrected chi connectivity index (χ2v) is 12.1. The highest BCUT2D eigenvalue weighted by molar-refractivity contribution is 7.89. The van der Waals surface area contributed by atoms with Crippen LogP contribution < -0.4 is 11.1 Å². The van der Waals surface area contributed by atoms with Crippen LogP contribution in [-0.2, 0) is 21.4 Å². The predicted octanol–water partition coefficient (Wildman–Crippen LogP) is 3.49. The van der Waals surface area contributed by atoms with Crippen molar-refractivity contribution in [2.75, 3.05) is 18.8 Å². The summed E-state index contributed by atoms with van der Waals surface area (Å²) in [4.78, 5) is 27.7. The summed E-state index contributed by atoms with van der Waals surface area (Å²) in [5, 5.41) is 3.94. The van der Waals surface area contributed by atoms with Crippen LogP contribution in [0.3, 0.4) is 0 Å². The van der Waals surface area contributed by atoms with E-state index < -0.39 is 15.9 Å². The van der Waals surface area contributed by atoms with E-state index in [2.05, 4.69) is 16.4 Å². The van der Waals surface area contributed by atoms with Gasteiger partial charge in [-0.05, 0) is 79.0 Å². The number of nitrogens with one attached hydrogen (secondary N) is 2. The van der Waals surface area contributed by atoms with Gasteiger partial charge in [-0.1, -0.05) is 18.2 Å². The van der Waals surface area contributed by atoms with E-state index in [1.807, 2.05) is 36.5 Å². The Labute approximate surface area is 211 Å². The maximum Gasteiger partial charge on any atom is 0.250 e. The van der Waals surface area contributed by atoms with Gasteiger partial charge in [-0.3, -0.25) is 9.59 Å². The monoisotopic (exact) mass is 508 g/mol. The van der Waals surface area contributed by atoms with E-state index in [0.29, 0.717) is 30.7 Å². The summed E-state index contributed by atoms with van der Waals surface area (Å²) in [6.45, 7) is 3.11. The first-order valence-corrected chi connectivity index (χ1v) is 14.2. The van der Waals surface area contributed by atoms with Gasteiger partial charge in [0.25, 0.3) is 5.91 Å². The second-order valence-electron chi connectivity index (χ2n) is 9.82. The summed E-state index contributed by atoms with van der Waals surface area (Å²) in [6, 6.07) is 11.8. The molecule has 0 unspecified atom stereocenters. The van der Waals surface area contributed by atoms with Crippen LogP contribution in [0.25, 0.3) is 22.0 Å². The van der Waals surface area contributed by atoms with Gasteiger partial charge >= 0.3 is 0 Å². The summed E-state index contributed by atoms with van der Waals surface area (Å²) in [7, 11) is -3.19. The van der Waals surface area contributed by atoms with Crippen LogP contribution in [0.4, 0.5) is 0 Å². The van der Waals surface area contributed by atoms with Crippen LogP contribution in [0.2, 0.25) is 0 Å². The van der Waals surface area contributed by atoms with E-state index in [1.54, 1.807) is 11.2 Å². The molecule has 4 N–H and O–H groups in total. The molecule has 1 aliphatic heterocycles. The lowest BCUT2D eigenvalue weighted by molar-refractivity contribution is -0.122. The molecule has 2 fully saturated rings. The van der Waals surface area contributed by atoms with Gasteiger partial charge in [0.05, 0.1) is 16.8 Å². The number of aromatic amines is 1. The number of hydrogen-bond donors (Lipinski definition) is 3. The Balaban J connectivity index is 1.45. The van der Waals surface area contributed by atoms with Crippen molar-refractivity contribution in [3.8, 4) is 11.1 Å². The Hall–Kier alpha value is -3.17. The highest BCUT2D eigenvalue weighted by Gasteiger charge is 2.30. The minimum Gasteiger partial charge on any atom is -0.366 e. The van der Waals surface area contributed by atoms with Crippen LogP contribution >= 0.6 is 0 Å². The molecule has 1 saturated carbocycles. The number of sulfonamides is 1. The summed E-state index contributed by atoms with van der Waals surface area (Å²) in [5.74, 6) is 0.0515. The van der Waals surface area contributed by atoms with E-state index in [-0.39, 0.29) is 23.5 Å². The maximum absolute atomic E-state index is 12.4. The van der Waals surface area contributed by atoms with Gasteiger partial charge in [0.15, 0.2) is 0 Å². The fraction of sp³-hybridized carbons (Fsp3) is 0.407. The maximum atomic E-state index is 12.4. The van der Waals surface area contributed by atoms with Crippen molar-refractivity contribution in [2.24, 2.45) is 11.7 Å². The molecule has 0 radical (unpaired) electrons. The van der Waals surface area contributed by atoms with Crippen molar-refractivity contribution in [3.05, 3.63) is 59.3 Å². The lowest BCUT2D eigenvalue weighted by atomic mass is 9.88. The quantitative estimate of drug-likeness (QED) is 0.431. The molecular formula is C27H32N4O4S. The minimum absolute atomic E-state index is 0.104. The number of nitrogens with two attached hydrogens (primary N) is 1. The van der Waals surface area contributed by atoms with Crippen molar-refractivity contribution < 1.29 is 18.0 Å². The third-order valence-corrected chi connectivity index (χ3v) is 9.30. The van der Waals surface area contributed by atoms with Crippen molar-refractivity contribution in [1.29, 1.82) is 0 Å². The zero-order chi connectivity index (χ0) is 25.4. The van der Waals surface area contributed by atoms with E-state index in [0.717, 1.165) is 53.3 Å². The molecule has 0 bridgehead atoms. The number of hydrogen-bond acceptors (Lipinski definition) is 4. The number of carbonyl (C=O) groups is 2. The second kappa shape index (κ2) is 9.71. The van der Waals surface area contributed by atoms with Crippen molar-refractivity contribution in [1.82, 2.24) is 14.6 Å². The molecule has 2 heterocycles. The summed E-state index contributed by atoms with van der Waals surface area (Å²) in [6.07, 6.45) is 5.30. The van der Waals surface area contributed by atoms with E-state index >= 15 is 0 Å². The summed E-state index contributed by atoms with van der Waals surface area (Å²) in [5.41, 5.74) is 10.8. The number of primary amides is 1. The average molecular weight is 509 g/mol. The number of benzene rings is 2. The van der Waals surface area contributed by atoms with E-state index in [1.165, 1.54) is 0 Å². The average Bonchev–Trinajstić information content (AvgIpc) is 3.66. The highest BCUT2D eigenvalue weighted by Crippen LogP contribution is 2.37. The Morgan fingerprint density at radius 1 is 1.08 bits per heavy atom. The lowest BCUT2D eigenvalue weighted by Crippen LogP contribution is -2.38. The minimum atomic E-state index is -3.19. The number of piperidine rings is 1. The third-order valence-electron chi connectivity index (χ3n) is 7.41. The molecule has 5 rings (SSSR count). The van der Waals surface area contributed by atoms with Gasteiger partial charge in [-0.15, -0.1) is 0 Å². The first-order chi connectivity index (χ1) is 17.3. The number of fused-ring (bicyclic) bond motifs is 1. The van der Waals surface area contributed by atoms with E-state index in [4.69, 9.17) is 5.73 Å². The molecule has 3 aromatic rings. The van der Waals surface area contributed by atoms with Crippen molar-refractivity contribution in [2.45, 2.75) is 45.1 Å². The number of H-pyrrole nitrogens is 1. The van der Waals surface area contributed by atoms with Gasteiger partial charge in [-0.2, -0.15) is 0 Å².